The van der Waals surface area contributed by atoms with Gasteiger partial charge in [-0.1, -0.05) is 26.0 Å². The van der Waals surface area contributed by atoms with Crippen LogP contribution in [0.1, 0.15) is 36.2 Å². The number of amides is 1. The van der Waals surface area contributed by atoms with Crippen LogP contribution in [0.25, 0.3) is 0 Å². The van der Waals surface area contributed by atoms with Crippen LogP contribution in [0.4, 0.5) is 0 Å². The zero-order valence-electron chi connectivity index (χ0n) is 12.5. The number of nitrogens with two attached hydrogens (primary N) is 1. The van der Waals surface area contributed by atoms with Crippen molar-refractivity contribution >= 4 is 40.9 Å². The van der Waals surface area contributed by atoms with Gasteiger partial charge in [-0.05, 0) is 53.5 Å². The summed E-state index contributed by atoms with van der Waals surface area (Å²) >= 11 is 2.23. The molecule has 3 nitrogen and oxygen atoms in total. The third kappa shape index (κ3) is 5.22. The maximum absolute atomic E-state index is 12.4. The van der Waals surface area contributed by atoms with Gasteiger partial charge in [0.05, 0.1) is 5.56 Å². The van der Waals surface area contributed by atoms with Crippen LogP contribution in [0.5, 0.6) is 0 Å². The molecule has 0 spiro atoms. The van der Waals surface area contributed by atoms with Crippen molar-refractivity contribution in [2.45, 2.75) is 33.2 Å². The first-order valence-corrected chi connectivity index (χ1v) is 7.68. The molecule has 1 unspecified atom stereocenters. The van der Waals surface area contributed by atoms with E-state index in [1.54, 1.807) is 4.90 Å². The summed E-state index contributed by atoms with van der Waals surface area (Å²) < 4.78 is 1.03. The van der Waals surface area contributed by atoms with Crippen molar-refractivity contribution in [1.29, 1.82) is 0 Å². The minimum atomic E-state index is 0. The Labute approximate surface area is 141 Å². The lowest BCUT2D eigenvalue weighted by atomic mass is 10.0. The Morgan fingerprint density at radius 2 is 2.00 bits per heavy atom. The molecule has 0 saturated carbocycles. The minimum Gasteiger partial charge on any atom is -0.342 e. The van der Waals surface area contributed by atoms with E-state index in [-0.39, 0.29) is 24.4 Å². The van der Waals surface area contributed by atoms with Gasteiger partial charge < -0.3 is 10.6 Å². The number of halogens is 2. The molecule has 1 aromatic carbocycles. The molecule has 0 fully saturated rings. The van der Waals surface area contributed by atoms with E-state index in [0.717, 1.165) is 21.1 Å². The summed E-state index contributed by atoms with van der Waals surface area (Å²) in [5.41, 5.74) is 7.93. The van der Waals surface area contributed by atoms with Gasteiger partial charge in [-0.25, -0.2) is 0 Å². The summed E-state index contributed by atoms with van der Waals surface area (Å²) in [7, 11) is 1.84. The number of hydrogen-bond acceptors (Lipinski definition) is 2. The maximum Gasteiger partial charge on any atom is 0.254 e. The van der Waals surface area contributed by atoms with Gasteiger partial charge in [0.25, 0.3) is 5.91 Å². The Morgan fingerprint density at radius 1 is 1.40 bits per heavy atom. The van der Waals surface area contributed by atoms with Gasteiger partial charge in [-0.2, -0.15) is 0 Å². The van der Waals surface area contributed by atoms with Crippen molar-refractivity contribution in [3.05, 3.63) is 32.9 Å². The summed E-state index contributed by atoms with van der Waals surface area (Å²) in [5.74, 6) is 0.520. The van der Waals surface area contributed by atoms with Crippen LogP contribution in [-0.2, 0) is 0 Å². The predicted molar refractivity (Wildman–Crippen MR) is 95.5 cm³/mol. The number of rotatable bonds is 5. The highest BCUT2D eigenvalue weighted by Crippen LogP contribution is 2.18. The van der Waals surface area contributed by atoms with Crippen LogP contribution in [0, 0.1) is 16.4 Å². The van der Waals surface area contributed by atoms with Crippen LogP contribution in [0.15, 0.2) is 18.2 Å². The second kappa shape index (κ2) is 8.85. The highest BCUT2D eigenvalue weighted by Gasteiger charge is 2.17. The molecule has 20 heavy (non-hydrogen) atoms. The predicted octanol–water partition coefficient (Wildman–Crippen LogP) is 3.47. The molecule has 1 amide bonds. The zero-order valence-corrected chi connectivity index (χ0v) is 15.5. The average molecular weight is 411 g/mol. The van der Waals surface area contributed by atoms with Crippen molar-refractivity contribution in [3.8, 4) is 0 Å². The molecule has 0 aliphatic rings. The monoisotopic (exact) mass is 410 g/mol. The molecule has 0 radical (unpaired) electrons. The van der Waals surface area contributed by atoms with Crippen LogP contribution in [-0.4, -0.2) is 30.4 Å². The highest BCUT2D eigenvalue weighted by atomic mass is 127. The smallest absolute Gasteiger partial charge is 0.254 e. The number of carbonyl (C=O) groups is 1. The van der Waals surface area contributed by atoms with E-state index in [1.165, 1.54) is 0 Å². The molecule has 0 bridgehead atoms. The van der Waals surface area contributed by atoms with Crippen molar-refractivity contribution in [1.82, 2.24) is 4.90 Å². The minimum absolute atomic E-state index is 0. The van der Waals surface area contributed by atoms with Crippen LogP contribution < -0.4 is 5.73 Å². The second-order valence-electron chi connectivity index (χ2n) is 5.36. The SMILES string of the molecule is Cc1cccc(C(=O)N(C)CCC(N)C(C)C)c1I.Cl. The van der Waals surface area contributed by atoms with Crippen LogP contribution in [0.3, 0.4) is 0 Å². The molecule has 0 aliphatic carbocycles. The van der Waals surface area contributed by atoms with Gasteiger partial charge in [0.2, 0.25) is 0 Å². The Balaban J connectivity index is 0.00000361. The Morgan fingerprint density at radius 3 is 2.55 bits per heavy atom. The van der Waals surface area contributed by atoms with Crippen LogP contribution in [0.2, 0.25) is 0 Å². The fraction of sp³-hybridized carbons (Fsp3) is 0.533. The zero-order chi connectivity index (χ0) is 14.6. The van der Waals surface area contributed by atoms with Gasteiger partial charge in [-0.15, -0.1) is 12.4 Å². The van der Waals surface area contributed by atoms with E-state index in [4.69, 9.17) is 5.73 Å². The summed E-state index contributed by atoms with van der Waals surface area (Å²) in [6.45, 7) is 6.93. The molecule has 2 N–H and O–H groups in total. The number of aryl methyl sites for hydroxylation is 1. The molecular weight excluding hydrogens is 387 g/mol. The Hall–Kier alpha value is -0.330. The second-order valence-corrected chi connectivity index (χ2v) is 6.44. The first-order chi connectivity index (χ1) is 8.84. The van der Waals surface area contributed by atoms with Crippen molar-refractivity contribution in [2.75, 3.05) is 13.6 Å². The molecule has 1 aromatic rings. The third-order valence-electron chi connectivity index (χ3n) is 3.42. The summed E-state index contributed by atoms with van der Waals surface area (Å²) in [4.78, 5) is 14.1. The molecule has 0 saturated heterocycles. The molecule has 0 aromatic heterocycles. The van der Waals surface area contributed by atoms with E-state index in [9.17, 15) is 4.79 Å². The molecule has 0 heterocycles. The summed E-state index contributed by atoms with van der Waals surface area (Å²) in [5, 5.41) is 0. The van der Waals surface area contributed by atoms with Crippen molar-refractivity contribution < 1.29 is 4.79 Å². The fourth-order valence-corrected chi connectivity index (χ4v) is 2.39. The number of benzene rings is 1. The van der Waals surface area contributed by atoms with E-state index >= 15 is 0 Å². The normalized spacial score (nSPS) is 11.9. The van der Waals surface area contributed by atoms with E-state index in [2.05, 4.69) is 36.4 Å². The third-order valence-corrected chi connectivity index (χ3v) is 4.85. The van der Waals surface area contributed by atoms with Crippen LogP contribution >= 0.6 is 35.0 Å². The average Bonchev–Trinajstić information content (AvgIpc) is 2.37. The van der Waals surface area contributed by atoms with Gasteiger partial charge >= 0.3 is 0 Å². The molecule has 5 heteroatoms. The Kier molecular flexibility index (Phi) is 8.70. The van der Waals surface area contributed by atoms with Gasteiger partial charge in [0.1, 0.15) is 0 Å². The maximum atomic E-state index is 12.4. The largest absolute Gasteiger partial charge is 0.342 e. The van der Waals surface area contributed by atoms with Crippen molar-refractivity contribution in [2.24, 2.45) is 11.7 Å². The summed E-state index contributed by atoms with van der Waals surface area (Å²) in [6.07, 6.45) is 0.836. The molecule has 1 rings (SSSR count). The van der Waals surface area contributed by atoms with E-state index < -0.39 is 0 Å². The van der Waals surface area contributed by atoms with Crippen molar-refractivity contribution in [3.63, 3.8) is 0 Å². The first kappa shape index (κ1) is 19.7. The quantitative estimate of drug-likeness (QED) is 0.756. The molecule has 0 aliphatic heterocycles. The first-order valence-electron chi connectivity index (χ1n) is 6.60. The fourth-order valence-electron chi connectivity index (χ4n) is 1.80. The van der Waals surface area contributed by atoms with Gasteiger partial charge in [0.15, 0.2) is 0 Å². The lowest BCUT2D eigenvalue weighted by Crippen LogP contribution is -2.35. The Bertz CT molecular complexity index is 451. The van der Waals surface area contributed by atoms with Gasteiger partial charge in [0, 0.05) is 23.2 Å². The lowest BCUT2D eigenvalue weighted by Gasteiger charge is -2.22. The topological polar surface area (TPSA) is 46.3 Å². The number of hydrogen-bond donors (Lipinski definition) is 1. The summed E-state index contributed by atoms with van der Waals surface area (Å²) in [6, 6.07) is 5.98. The number of carbonyl (C=O) groups excluding carboxylic acids is 1. The standard InChI is InChI=1S/C15H23IN2O.ClH/c1-10(2)13(17)8-9-18(4)15(19)12-7-5-6-11(3)14(12)16;/h5-7,10,13H,8-9,17H2,1-4H3;1H. The molecular formula is C15H24ClIN2O. The van der Waals surface area contributed by atoms with E-state index in [0.29, 0.717) is 12.5 Å². The number of nitrogens with zero attached hydrogens (tertiary/aromatic N) is 1. The lowest BCUT2D eigenvalue weighted by molar-refractivity contribution is 0.0788. The molecule has 1 atom stereocenters. The van der Waals surface area contributed by atoms with Gasteiger partial charge in [-0.3, -0.25) is 4.79 Å². The highest BCUT2D eigenvalue weighted by molar-refractivity contribution is 14.1. The molecule has 114 valence electrons. The van der Waals surface area contributed by atoms with E-state index in [1.807, 2.05) is 32.2 Å².